The zero-order chi connectivity index (χ0) is 18.8. The molecule has 0 spiro atoms. The molecule has 0 bridgehead atoms. The summed E-state index contributed by atoms with van der Waals surface area (Å²) in [4.78, 5) is 20.1. The van der Waals surface area contributed by atoms with E-state index in [-0.39, 0.29) is 29.9 Å². The third kappa shape index (κ3) is 8.02. The van der Waals surface area contributed by atoms with Gasteiger partial charge < -0.3 is 25.2 Å². The Kier molecular flexibility index (Phi) is 11.3. The number of hydrogen-bond acceptors (Lipinski definition) is 4. The average molecular weight is 489 g/mol. The van der Waals surface area contributed by atoms with Crippen LogP contribution in [0.15, 0.2) is 29.3 Å². The van der Waals surface area contributed by atoms with E-state index in [9.17, 15) is 4.79 Å². The molecule has 0 saturated carbocycles. The van der Waals surface area contributed by atoms with Crippen molar-refractivity contribution < 1.29 is 9.53 Å². The molecule has 0 radical (unpaired) electrons. The summed E-state index contributed by atoms with van der Waals surface area (Å²) in [7, 11) is 5.56. The molecule has 0 aromatic heterocycles. The number of methoxy groups -OCH3 is 1. The number of carbonyl (C=O) groups excluding carboxylic acids is 1. The summed E-state index contributed by atoms with van der Waals surface area (Å²) in [5.41, 5.74) is 2.14. The summed E-state index contributed by atoms with van der Waals surface area (Å²) in [5, 5.41) is 6.63. The average Bonchev–Trinajstić information content (AvgIpc) is 3.09. The molecule has 1 heterocycles. The van der Waals surface area contributed by atoms with Gasteiger partial charge in [0.15, 0.2) is 5.96 Å². The fraction of sp³-hybridized carbons (Fsp3) is 0.579. The monoisotopic (exact) mass is 489 g/mol. The number of amides is 1. The maximum atomic E-state index is 11.8. The van der Waals surface area contributed by atoms with Gasteiger partial charge in [0.25, 0.3) is 0 Å². The lowest BCUT2D eigenvalue weighted by atomic mass is 10.2. The van der Waals surface area contributed by atoms with Crippen molar-refractivity contribution in [2.75, 3.05) is 58.9 Å². The molecule has 7 nitrogen and oxygen atoms in total. The van der Waals surface area contributed by atoms with Gasteiger partial charge in [0, 0.05) is 59.0 Å². The van der Waals surface area contributed by atoms with Gasteiger partial charge in [0.05, 0.1) is 6.61 Å². The number of nitrogens with one attached hydrogen (secondary N) is 2. The highest BCUT2D eigenvalue weighted by Gasteiger charge is 2.21. The molecule has 2 rings (SSSR count). The van der Waals surface area contributed by atoms with Crippen LogP contribution < -0.4 is 15.5 Å². The molecule has 1 amide bonds. The van der Waals surface area contributed by atoms with Crippen LogP contribution in [0, 0.1) is 0 Å². The first-order valence-electron chi connectivity index (χ1n) is 9.15. The summed E-state index contributed by atoms with van der Waals surface area (Å²) in [6.45, 7) is 4.90. The van der Waals surface area contributed by atoms with E-state index in [0.29, 0.717) is 13.0 Å². The minimum absolute atomic E-state index is 0. The Morgan fingerprint density at radius 1 is 1.26 bits per heavy atom. The SMILES string of the molecule is CN=C(NCCN(C)CCOC)NCc1ccc(N2CCCC2=O)cc1.I. The number of rotatable bonds is 9. The molecule has 0 atom stereocenters. The first-order valence-corrected chi connectivity index (χ1v) is 9.15. The summed E-state index contributed by atoms with van der Waals surface area (Å²) >= 11 is 0. The van der Waals surface area contributed by atoms with Crippen molar-refractivity contribution >= 4 is 41.5 Å². The normalized spacial score (nSPS) is 14.4. The Bertz CT molecular complexity index is 594. The van der Waals surface area contributed by atoms with Crippen LogP contribution in [0.4, 0.5) is 5.69 Å². The molecular formula is C19H32IN5O2. The first kappa shape index (κ1) is 23.6. The van der Waals surface area contributed by atoms with E-state index >= 15 is 0 Å². The van der Waals surface area contributed by atoms with Crippen molar-refractivity contribution in [1.82, 2.24) is 15.5 Å². The number of guanidine groups is 1. The Morgan fingerprint density at radius 3 is 2.59 bits per heavy atom. The highest BCUT2D eigenvalue weighted by molar-refractivity contribution is 14.0. The summed E-state index contributed by atoms with van der Waals surface area (Å²) < 4.78 is 5.08. The van der Waals surface area contributed by atoms with Crippen LogP contribution in [0.5, 0.6) is 0 Å². The molecule has 0 aliphatic carbocycles. The Balaban J connectivity index is 0.00000364. The van der Waals surface area contributed by atoms with E-state index in [1.54, 1.807) is 14.2 Å². The molecule has 1 fully saturated rings. The van der Waals surface area contributed by atoms with Crippen molar-refractivity contribution in [3.8, 4) is 0 Å². The minimum Gasteiger partial charge on any atom is -0.383 e. The van der Waals surface area contributed by atoms with Gasteiger partial charge in [0.2, 0.25) is 5.91 Å². The Labute approximate surface area is 179 Å². The topological polar surface area (TPSA) is 69.2 Å². The number of anilines is 1. The van der Waals surface area contributed by atoms with E-state index in [4.69, 9.17) is 4.74 Å². The summed E-state index contributed by atoms with van der Waals surface area (Å²) in [6.07, 6.45) is 1.61. The van der Waals surface area contributed by atoms with Crippen LogP contribution in [0.1, 0.15) is 18.4 Å². The number of nitrogens with zero attached hydrogens (tertiary/aromatic N) is 3. The van der Waals surface area contributed by atoms with E-state index in [1.165, 1.54) is 0 Å². The van der Waals surface area contributed by atoms with Gasteiger partial charge >= 0.3 is 0 Å². The number of halogens is 1. The van der Waals surface area contributed by atoms with Crippen molar-refractivity contribution in [3.63, 3.8) is 0 Å². The third-order valence-corrected chi connectivity index (χ3v) is 4.47. The number of ether oxygens (including phenoxy) is 1. The minimum atomic E-state index is 0. The third-order valence-electron chi connectivity index (χ3n) is 4.47. The molecule has 1 aromatic rings. The van der Waals surface area contributed by atoms with Crippen LogP contribution in [-0.4, -0.2) is 70.8 Å². The van der Waals surface area contributed by atoms with Crippen LogP contribution in [0.2, 0.25) is 0 Å². The predicted octanol–water partition coefficient (Wildman–Crippen LogP) is 1.67. The number of carbonyl (C=O) groups is 1. The van der Waals surface area contributed by atoms with E-state index in [1.807, 2.05) is 17.0 Å². The van der Waals surface area contributed by atoms with Crippen LogP contribution >= 0.6 is 24.0 Å². The maximum Gasteiger partial charge on any atom is 0.227 e. The summed E-state index contributed by atoms with van der Waals surface area (Å²) in [5.74, 6) is 1.000. The largest absolute Gasteiger partial charge is 0.383 e. The second-order valence-electron chi connectivity index (χ2n) is 6.46. The van der Waals surface area contributed by atoms with Gasteiger partial charge in [-0.2, -0.15) is 0 Å². The second-order valence-corrected chi connectivity index (χ2v) is 6.46. The molecule has 1 aromatic carbocycles. The molecule has 2 N–H and O–H groups in total. The van der Waals surface area contributed by atoms with E-state index < -0.39 is 0 Å². The molecule has 1 aliphatic rings. The van der Waals surface area contributed by atoms with Gasteiger partial charge in [-0.05, 0) is 31.2 Å². The molecule has 8 heteroatoms. The number of aliphatic imine (C=N–C) groups is 1. The lowest BCUT2D eigenvalue weighted by Gasteiger charge is -2.18. The number of likely N-dealkylation sites (N-methyl/N-ethyl adjacent to an activating group) is 1. The molecule has 27 heavy (non-hydrogen) atoms. The van der Waals surface area contributed by atoms with Crippen molar-refractivity contribution in [2.45, 2.75) is 19.4 Å². The zero-order valence-electron chi connectivity index (χ0n) is 16.5. The van der Waals surface area contributed by atoms with Crippen LogP contribution in [0.3, 0.4) is 0 Å². The quantitative estimate of drug-likeness (QED) is 0.314. The summed E-state index contributed by atoms with van der Waals surface area (Å²) in [6, 6.07) is 8.14. The molecule has 1 aliphatic heterocycles. The van der Waals surface area contributed by atoms with Gasteiger partial charge in [-0.1, -0.05) is 12.1 Å². The van der Waals surface area contributed by atoms with E-state index in [0.717, 1.165) is 56.4 Å². The predicted molar refractivity (Wildman–Crippen MR) is 121 cm³/mol. The molecular weight excluding hydrogens is 457 g/mol. The fourth-order valence-corrected chi connectivity index (χ4v) is 2.85. The first-order chi connectivity index (χ1) is 12.6. The second kappa shape index (κ2) is 12.9. The molecule has 1 saturated heterocycles. The Hall–Kier alpha value is -1.39. The van der Waals surface area contributed by atoms with Gasteiger partial charge in [0.1, 0.15) is 0 Å². The number of benzene rings is 1. The Morgan fingerprint density at radius 2 is 2.00 bits per heavy atom. The van der Waals surface area contributed by atoms with Crippen molar-refractivity contribution in [3.05, 3.63) is 29.8 Å². The lowest BCUT2D eigenvalue weighted by molar-refractivity contribution is -0.117. The van der Waals surface area contributed by atoms with Crippen molar-refractivity contribution in [2.24, 2.45) is 4.99 Å². The van der Waals surface area contributed by atoms with Gasteiger partial charge in [-0.25, -0.2) is 0 Å². The number of hydrogen-bond donors (Lipinski definition) is 2. The molecule has 152 valence electrons. The standard InChI is InChI=1S/C19H31N5O2.HI/c1-20-19(21-10-12-23(2)13-14-26-3)22-15-16-6-8-17(9-7-16)24-11-4-5-18(24)25;/h6-9H,4-5,10-15H2,1-3H3,(H2,20,21,22);1H. The van der Waals surface area contributed by atoms with Crippen LogP contribution in [0.25, 0.3) is 0 Å². The smallest absolute Gasteiger partial charge is 0.227 e. The fourth-order valence-electron chi connectivity index (χ4n) is 2.85. The van der Waals surface area contributed by atoms with Crippen molar-refractivity contribution in [1.29, 1.82) is 0 Å². The van der Waals surface area contributed by atoms with E-state index in [2.05, 4.69) is 39.7 Å². The van der Waals surface area contributed by atoms with Crippen LogP contribution in [-0.2, 0) is 16.1 Å². The lowest BCUT2D eigenvalue weighted by Crippen LogP contribution is -2.41. The van der Waals surface area contributed by atoms with Gasteiger partial charge in [-0.3, -0.25) is 9.79 Å². The highest BCUT2D eigenvalue weighted by Crippen LogP contribution is 2.21. The molecule has 0 unspecified atom stereocenters. The van der Waals surface area contributed by atoms with Gasteiger partial charge in [-0.15, -0.1) is 24.0 Å². The highest BCUT2D eigenvalue weighted by atomic mass is 127. The maximum absolute atomic E-state index is 11.8. The zero-order valence-corrected chi connectivity index (χ0v) is 18.9.